The van der Waals surface area contributed by atoms with Gasteiger partial charge in [-0.3, -0.25) is 9.48 Å². The molecule has 0 saturated carbocycles. The lowest BCUT2D eigenvalue weighted by Crippen LogP contribution is -2.36. The third-order valence-electron chi connectivity index (χ3n) is 6.31. The lowest BCUT2D eigenvalue weighted by atomic mass is 10.1. The summed E-state index contributed by atoms with van der Waals surface area (Å²) in [5.74, 6) is 1.09. The van der Waals surface area contributed by atoms with E-state index in [-0.39, 0.29) is 23.4 Å². The molecule has 1 saturated heterocycles. The molecule has 2 aliphatic heterocycles. The Morgan fingerprint density at radius 3 is 2.82 bits per heavy atom. The Kier molecular flexibility index (Phi) is 5.70. The number of rotatable bonds is 5. The van der Waals surface area contributed by atoms with E-state index in [1.165, 1.54) is 6.07 Å². The first-order valence-electron chi connectivity index (χ1n) is 11.2. The van der Waals surface area contributed by atoms with Crippen LogP contribution in [0.2, 0.25) is 0 Å². The molecule has 1 amide bonds. The predicted molar refractivity (Wildman–Crippen MR) is 121 cm³/mol. The quantitative estimate of drug-likeness (QED) is 0.595. The first-order chi connectivity index (χ1) is 16.0. The van der Waals surface area contributed by atoms with Gasteiger partial charge in [0.1, 0.15) is 5.69 Å². The van der Waals surface area contributed by atoms with Crippen molar-refractivity contribution in [2.24, 2.45) is 13.0 Å². The zero-order valence-corrected chi connectivity index (χ0v) is 18.9. The summed E-state index contributed by atoms with van der Waals surface area (Å²) in [5.41, 5.74) is 3.47. The second kappa shape index (κ2) is 8.80. The number of amides is 1. The number of ether oxygens (including phenoxy) is 1. The van der Waals surface area contributed by atoms with Crippen LogP contribution in [0.1, 0.15) is 24.7 Å². The first kappa shape index (κ1) is 21.4. The van der Waals surface area contributed by atoms with Crippen molar-refractivity contribution < 1.29 is 13.9 Å². The van der Waals surface area contributed by atoms with E-state index in [1.54, 1.807) is 40.9 Å². The van der Waals surface area contributed by atoms with E-state index >= 15 is 0 Å². The van der Waals surface area contributed by atoms with Crippen LogP contribution in [0.15, 0.2) is 36.7 Å². The highest BCUT2D eigenvalue weighted by Gasteiger charge is 2.30. The Labute approximate surface area is 192 Å². The summed E-state index contributed by atoms with van der Waals surface area (Å²) < 4.78 is 21.4. The molecule has 2 aliphatic rings. The van der Waals surface area contributed by atoms with Crippen molar-refractivity contribution in [2.45, 2.75) is 26.3 Å². The second-order valence-electron chi connectivity index (χ2n) is 8.72. The molecule has 0 spiro atoms. The Hall–Kier alpha value is -3.49. The van der Waals surface area contributed by atoms with E-state index in [1.807, 2.05) is 13.2 Å². The van der Waals surface area contributed by atoms with Crippen LogP contribution in [0.4, 0.5) is 10.2 Å². The van der Waals surface area contributed by atoms with E-state index in [0.717, 1.165) is 48.0 Å². The molecular weight excluding hydrogens is 423 g/mol. The van der Waals surface area contributed by atoms with Crippen molar-refractivity contribution in [1.29, 1.82) is 0 Å². The third kappa shape index (κ3) is 4.40. The van der Waals surface area contributed by atoms with Gasteiger partial charge in [0.15, 0.2) is 17.4 Å². The maximum Gasteiger partial charge on any atom is 0.219 e. The average Bonchev–Trinajstić information content (AvgIpc) is 3.46. The number of halogens is 1. The van der Waals surface area contributed by atoms with Crippen LogP contribution < -0.4 is 9.64 Å². The highest BCUT2D eigenvalue weighted by Crippen LogP contribution is 2.33. The third-order valence-corrected chi connectivity index (χ3v) is 6.31. The lowest BCUT2D eigenvalue weighted by Gasteiger charge is -2.29. The van der Waals surface area contributed by atoms with Crippen LogP contribution in [-0.4, -0.2) is 56.8 Å². The van der Waals surface area contributed by atoms with Crippen LogP contribution >= 0.6 is 0 Å². The number of fused-ring (bicyclic) bond motifs is 1. The van der Waals surface area contributed by atoms with Gasteiger partial charge in [0.05, 0.1) is 30.7 Å². The van der Waals surface area contributed by atoms with E-state index in [0.29, 0.717) is 26.1 Å². The topological polar surface area (TPSA) is 76.4 Å². The Bertz CT molecular complexity index is 1180. The molecule has 1 aromatic carbocycles. The normalized spacial score (nSPS) is 17.8. The summed E-state index contributed by atoms with van der Waals surface area (Å²) in [5, 5.41) is 4.31. The Morgan fingerprint density at radius 2 is 2.06 bits per heavy atom. The minimum atomic E-state index is -0.341. The highest BCUT2D eigenvalue weighted by atomic mass is 19.1. The number of benzene rings is 1. The van der Waals surface area contributed by atoms with E-state index in [2.05, 4.69) is 10.00 Å². The minimum absolute atomic E-state index is 0.0479. The van der Waals surface area contributed by atoms with Crippen LogP contribution in [0.5, 0.6) is 5.75 Å². The number of hydrogen-bond donors (Lipinski definition) is 0. The van der Waals surface area contributed by atoms with Crippen molar-refractivity contribution in [3.8, 4) is 17.0 Å². The smallest absolute Gasteiger partial charge is 0.219 e. The maximum absolute atomic E-state index is 13.9. The molecule has 0 bridgehead atoms. The van der Waals surface area contributed by atoms with Crippen LogP contribution in [-0.2, 0) is 24.8 Å². The summed E-state index contributed by atoms with van der Waals surface area (Å²) in [4.78, 5) is 25.9. The van der Waals surface area contributed by atoms with Gasteiger partial charge in [0, 0.05) is 57.7 Å². The molecule has 1 atom stereocenters. The van der Waals surface area contributed by atoms with Gasteiger partial charge in [-0.05, 0) is 18.6 Å². The SMILES string of the molecule is CC(=O)N1CCc2nc(N3CCC(COc4ccccc4F)C3)c(-c3cnn(C)c3)nc2C1. The molecule has 33 heavy (non-hydrogen) atoms. The van der Waals surface area contributed by atoms with Crippen LogP contribution in [0.3, 0.4) is 0 Å². The summed E-state index contributed by atoms with van der Waals surface area (Å²) in [6.07, 6.45) is 5.34. The van der Waals surface area contributed by atoms with Gasteiger partial charge < -0.3 is 14.5 Å². The van der Waals surface area contributed by atoms with Crippen LogP contribution in [0, 0.1) is 11.7 Å². The largest absolute Gasteiger partial charge is 0.490 e. The van der Waals surface area contributed by atoms with E-state index in [9.17, 15) is 9.18 Å². The monoisotopic (exact) mass is 450 g/mol. The predicted octanol–water partition coefficient (Wildman–Crippen LogP) is 2.83. The summed E-state index contributed by atoms with van der Waals surface area (Å²) in [6.45, 7) is 4.75. The summed E-state index contributed by atoms with van der Waals surface area (Å²) in [6, 6.07) is 6.49. The number of anilines is 1. The fourth-order valence-corrected chi connectivity index (χ4v) is 4.48. The van der Waals surface area contributed by atoms with E-state index in [4.69, 9.17) is 14.7 Å². The molecule has 172 valence electrons. The van der Waals surface area contributed by atoms with E-state index < -0.39 is 0 Å². The van der Waals surface area contributed by atoms with Gasteiger partial charge in [0.25, 0.3) is 0 Å². The zero-order valence-electron chi connectivity index (χ0n) is 18.9. The average molecular weight is 451 g/mol. The standard InChI is InChI=1S/C24H27FN6O2/c1-16(32)30-10-8-20-21(14-30)27-23(18-11-26-29(2)13-18)24(28-20)31-9-7-17(12-31)15-33-22-6-4-3-5-19(22)25/h3-6,11,13,17H,7-10,12,14-15H2,1-2H3. The molecular formula is C24H27FN6O2. The van der Waals surface area contributed by atoms with Gasteiger partial charge in [-0.2, -0.15) is 5.10 Å². The zero-order chi connectivity index (χ0) is 22.9. The van der Waals surface area contributed by atoms with Gasteiger partial charge in [0.2, 0.25) is 5.91 Å². The molecule has 8 nitrogen and oxygen atoms in total. The molecule has 1 unspecified atom stereocenters. The van der Waals surface area contributed by atoms with Crippen molar-refractivity contribution in [3.05, 3.63) is 53.9 Å². The number of aryl methyl sites for hydroxylation is 1. The number of carbonyl (C=O) groups excluding carboxylic acids is 1. The number of carbonyl (C=O) groups is 1. The lowest BCUT2D eigenvalue weighted by molar-refractivity contribution is -0.129. The molecule has 9 heteroatoms. The molecule has 1 fully saturated rings. The maximum atomic E-state index is 13.9. The Morgan fingerprint density at radius 1 is 1.21 bits per heavy atom. The number of nitrogens with zero attached hydrogens (tertiary/aromatic N) is 6. The molecule has 3 aromatic rings. The fraction of sp³-hybridized carbons (Fsp3) is 0.417. The van der Waals surface area contributed by atoms with Gasteiger partial charge in [-0.15, -0.1) is 0 Å². The highest BCUT2D eigenvalue weighted by molar-refractivity contribution is 5.74. The van der Waals surface area contributed by atoms with Gasteiger partial charge in [-0.1, -0.05) is 12.1 Å². The van der Waals surface area contributed by atoms with Crippen molar-refractivity contribution in [1.82, 2.24) is 24.6 Å². The minimum Gasteiger partial charge on any atom is -0.490 e. The summed E-state index contributed by atoms with van der Waals surface area (Å²) in [7, 11) is 1.87. The van der Waals surface area contributed by atoms with Crippen molar-refractivity contribution in [3.63, 3.8) is 0 Å². The summed E-state index contributed by atoms with van der Waals surface area (Å²) >= 11 is 0. The first-order valence-corrected chi connectivity index (χ1v) is 11.2. The van der Waals surface area contributed by atoms with Gasteiger partial charge >= 0.3 is 0 Å². The second-order valence-corrected chi connectivity index (χ2v) is 8.72. The molecule has 2 aromatic heterocycles. The number of aromatic nitrogens is 4. The fourth-order valence-electron chi connectivity index (χ4n) is 4.48. The van der Waals surface area contributed by atoms with Gasteiger partial charge in [-0.25, -0.2) is 14.4 Å². The van der Waals surface area contributed by atoms with Crippen molar-refractivity contribution >= 4 is 11.7 Å². The molecule has 0 aliphatic carbocycles. The van der Waals surface area contributed by atoms with Crippen molar-refractivity contribution in [2.75, 3.05) is 31.1 Å². The molecule has 4 heterocycles. The molecule has 5 rings (SSSR count). The number of para-hydroxylation sites is 1. The number of hydrogen-bond acceptors (Lipinski definition) is 6. The molecule has 0 radical (unpaired) electrons. The van der Waals surface area contributed by atoms with Crippen LogP contribution in [0.25, 0.3) is 11.3 Å². The molecule has 0 N–H and O–H groups in total. The Balaban J connectivity index is 1.39.